The molecule has 11 heteroatoms. The van der Waals surface area contributed by atoms with Crippen molar-refractivity contribution in [1.82, 2.24) is 14.5 Å². The summed E-state index contributed by atoms with van der Waals surface area (Å²) in [6.45, 7) is 1.34. The smallest absolute Gasteiger partial charge is 0.350 e. The van der Waals surface area contributed by atoms with Crippen LogP contribution in [0.4, 0.5) is 10.2 Å². The van der Waals surface area contributed by atoms with E-state index < -0.39 is 39.9 Å². The molecule has 3 aromatic rings. The summed E-state index contributed by atoms with van der Waals surface area (Å²) in [4.78, 5) is 54.5. The van der Waals surface area contributed by atoms with E-state index >= 15 is 0 Å². The van der Waals surface area contributed by atoms with E-state index in [1.54, 1.807) is 60.7 Å². The van der Waals surface area contributed by atoms with E-state index in [0.717, 1.165) is 10.8 Å². The lowest BCUT2D eigenvalue weighted by Crippen LogP contribution is -2.37. The van der Waals surface area contributed by atoms with Gasteiger partial charge in [0.2, 0.25) is 5.91 Å². The first kappa shape index (κ1) is 24.1. The van der Waals surface area contributed by atoms with Crippen molar-refractivity contribution in [2.45, 2.75) is 17.7 Å². The molecule has 0 bridgehead atoms. The number of nitrogens with zero attached hydrogens (tertiary/aromatic N) is 3. The predicted octanol–water partition coefficient (Wildman–Crippen LogP) is 2.91. The number of hydrogen-bond acceptors (Lipinski definition) is 7. The lowest BCUT2D eigenvalue weighted by molar-refractivity contribution is -0.129. The minimum Gasteiger partial charge on any atom is -0.459 e. The van der Waals surface area contributed by atoms with Crippen molar-refractivity contribution >= 4 is 35.4 Å². The molecule has 2 aromatic carbocycles. The molecule has 4 rings (SSSR count). The van der Waals surface area contributed by atoms with Crippen LogP contribution in [-0.4, -0.2) is 50.8 Å². The van der Waals surface area contributed by atoms with Crippen molar-refractivity contribution in [1.29, 1.82) is 0 Å². The lowest BCUT2D eigenvalue weighted by atomic mass is 10.2. The Morgan fingerprint density at radius 2 is 1.71 bits per heavy atom. The number of nitrogens with one attached hydrogen (secondary N) is 1. The van der Waals surface area contributed by atoms with E-state index in [2.05, 4.69) is 10.3 Å². The topological polar surface area (TPSA) is 111 Å². The van der Waals surface area contributed by atoms with E-state index in [9.17, 15) is 23.6 Å². The minimum atomic E-state index is -0.900. The Bertz CT molecular complexity index is 1300. The van der Waals surface area contributed by atoms with Crippen LogP contribution in [0.15, 0.2) is 71.7 Å². The number of carbonyl (C=O) groups excluding carboxylic acids is 3. The van der Waals surface area contributed by atoms with Crippen molar-refractivity contribution in [2.24, 2.45) is 0 Å². The molecule has 180 valence electrons. The zero-order valence-corrected chi connectivity index (χ0v) is 19.4. The number of halogens is 1. The van der Waals surface area contributed by atoms with Crippen LogP contribution >= 0.6 is 11.8 Å². The maximum Gasteiger partial charge on any atom is 0.350 e. The number of amides is 2. The van der Waals surface area contributed by atoms with Gasteiger partial charge in [0.05, 0.1) is 12.1 Å². The summed E-state index contributed by atoms with van der Waals surface area (Å²) in [5.74, 6) is -2.81. The predicted molar refractivity (Wildman–Crippen MR) is 127 cm³/mol. The first-order valence-electron chi connectivity index (χ1n) is 10.6. The number of anilines is 1. The van der Waals surface area contributed by atoms with Crippen molar-refractivity contribution in [3.8, 4) is 0 Å². The van der Waals surface area contributed by atoms with Gasteiger partial charge in [-0.25, -0.2) is 14.0 Å². The highest BCUT2D eigenvalue weighted by Gasteiger charge is 2.37. The Balaban J connectivity index is 1.47. The number of ether oxygens (including phenoxy) is 1. The van der Waals surface area contributed by atoms with Crippen LogP contribution in [0, 0.1) is 5.82 Å². The highest BCUT2D eigenvalue weighted by Crippen LogP contribution is 2.37. The molecule has 1 fully saturated rings. The Morgan fingerprint density at radius 3 is 2.34 bits per heavy atom. The largest absolute Gasteiger partial charge is 0.459 e. The summed E-state index contributed by atoms with van der Waals surface area (Å²) in [6, 6.07) is 16.5. The second kappa shape index (κ2) is 10.5. The van der Waals surface area contributed by atoms with Gasteiger partial charge in [0, 0.05) is 18.7 Å². The molecule has 1 aromatic heterocycles. The molecule has 9 nitrogen and oxygen atoms in total. The van der Waals surface area contributed by atoms with Gasteiger partial charge in [0.25, 0.3) is 5.91 Å². The summed E-state index contributed by atoms with van der Waals surface area (Å²) in [7, 11) is 0. The van der Waals surface area contributed by atoms with Crippen LogP contribution < -0.4 is 11.0 Å². The normalized spacial score (nSPS) is 17.1. The fourth-order valence-corrected chi connectivity index (χ4v) is 4.93. The van der Waals surface area contributed by atoms with Gasteiger partial charge >= 0.3 is 11.7 Å². The molecule has 0 saturated carbocycles. The van der Waals surface area contributed by atoms with Crippen LogP contribution in [-0.2, 0) is 9.53 Å². The van der Waals surface area contributed by atoms with E-state index in [1.807, 2.05) is 0 Å². The van der Waals surface area contributed by atoms with Crippen LogP contribution in [0.1, 0.15) is 33.0 Å². The summed E-state index contributed by atoms with van der Waals surface area (Å²) in [5, 5.41) is 1.07. The second-order valence-corrected chi connectivity index (χ2v) is 8.99. The molecule has 1 N–H and O–H groups in total. The van der Waals surface area contributed by atoms with Gasteiger partial charge in [-0.15, -0.1) is 11.8 Å². The zero-order chi connectivity index (χ0) is 24.9. The monoisotopic (exact) mass is 496 g/mol. The van der Waals surface area contributed by atoms with Crippen molar-refractivity contribution in [3.05, 3.63) is 94.3 Å². The van der Waals surface area contributed by atoms with E-state index in [4.69, 9.17) is 4.74 Å². The van der Waals surface area contributed by atoms with Crippen LogP contribution in [0.2, 0.25) is 0 Å². The molecular weight excluding hydrogens is 475 g/mol. The van der Waals surface area contributed by atoms with Crippen LogP contribution in [0.25, 0.3) is 0 Å². The van der Waals surface area contributed by atoms with Gasteiger partial charge < -0.3 is 15.0 Å². The molecule has 35 heavy (non-hydrogen) atoms. The van der Waals surface area contributed by atoms with Crippen molar-refractivity contribution < 1.29 is 23.5 Å². The lowest BCUT2D eigenvalue weighted by Gasteiger charge is -2.21. The highest BCUT2D eigenvalue weighted by molar-refractivity contribution is 8.00. The van der Waals surface area contributed by atoms with Gasteiger partial charge in [-0.2, -0.15) is 4.98 Å². The quantitative estimate of drug-likeness (QED) is 0.523. The fourth-order valence-electron chi connectivity index (χ4n) is 3.51. The molecule has 2 atom stereocenters. The van der Waals surface area contributed by atoms with Gasteiger partial charge in [-0.05, 0) is 24.3 Å². The highest BCUT2D eigenvalue weighted by atomic mass is 32.2. The Kier molecular flexibility index (Phi) is 7.25. The Labute approximate surface area is 203 Å². The van der Waals surface area contributed by atoms with Gasteiger partial charge in [-0.3, -0.25) is 14.2 Å². The molecule has 1 aliphatic rings. The third-order valence-electron chi connectivity index (χ3n) is 5.27. The zero-order valence-electron chi connectivity index (χ0n) is 18.6. The summed E-state index contributed by atoms with van der Waals surface area (Å²) < 4.78 is 21.2. The number of thioether (sulfide) groups is 1. The molecule has 0 unspecified atom stereocenters. The number of hydrogen-bond donors (Lipinski definition) is 1. The van der Waals surface area contributed by atoms with E-state index in [-0.39, 0.29) is 24.6 Å². The summed E-state index contributed by atoms with van der Waals surface area (Å²) >= 11 is 1.17. The maximum absolute atomic E-state index is 14.8. The summed E-state index contributed by atoms with van der Waals surface area (Å²) in [5.41, 5.74) is -0.135. The van der Waals surface area contributed by atoms with Gasteiger partial charge in [-0.1, -0.05) is 36.4 Å². The first-order chi connectivity index (χ1) is 16.8. The van der Waals surface area contributed by atoms with Gasteiger partial charge in [0.1, 0.15) is 17.4 Å². The van der Waals surface area contributed by atoms with E-state index in [0.29, 0.717) is 5.56 Å². The van der Waals surface area contributed by atoms with E-state index in [1.165, 1.54) is 23.6 Å². The Hall–Kier alpha value is -3.99. The average molecular weight is 497 g/mol. The van der Waals surface area contributed by atoms with Crippen molar-refractivity contribution in [2.75, 3.05) is 18.5 Å². The maximum atomic E-state index is 14.8. The number of aromatic nitrogens is 2. The average Bonchev–Trinajstić information content (AvgIpc) is 3.30. The number of rotatable bonds is 6. The summed E-state index contributed by atoms with van der Waals surface area (Å²) in [6.07, 6.45) is 0.949. The molecule has 0 aliphatic carbocycles. The minimum absolute atomic E-state index is 0.0876. The fraction of sp³-hybridized carbons (Fsp3) is 0.208. The first-order valence-corrected chi connectivity index (χ1v) is 11.6. The molecule has 1 aliphatic heterocycles. The molecule has 0 radical (unpaired) electrons. The van der Waals surface area contributed by atoms with Gasteiger partial charge in [0.15, 0.2) is 11.6 Å². The number of esters is 1. The number of carbonyl (C=O) groups is 3. The Morgan fingerprint density at radius 1 is 1.09 bits per heavy atom. The standard InChI is InChI=1S/C24H21FN4O5S/c1-15(30)28-13-19(35-20(28)14-34-23(32)17-10-6-3-7-11-17)29-12-18(25)21(27-24(29)33)26-22(31)16-8-4-2-5-9-16/h2-12,19-20H,13-14H2,1H3,(H,26,27,31,33)/t19-,20-/m1/s1. The van der Waals surface area contributed by atoms with Crippen molar-refractivity contribution in [3.63, 3.8) is 0 Å². The molecule has 2 amide bonds. The van der Waals surface area contributed by atoms with Crippen LogP contribution in [0.3, 0.4) is 0 Å². The third kappa shape index (κ3) is 5.57. The SMILES string of the molecule is CC(=O)N1C[C@H](n2cc(F)c(NC(=O)c3ccccc3)nc2=O)S[C@@H]1COC(=O)c1ccccc1. The van der Waals surface area contributed by atoms with Crippen LogP contribution in [0.5, 0.6) is 0 Å². The number of benzene rings is 2. The molecule has 0 spiro atoms. The third-order valence-corrected chi connectivity index (χ3v) is 6.67. The molecule has 2 heterocycles. The second-order valence-electron chi connectivity index (χ2n) is 7.63. The molecule has 1 saturated heterocycles. The molecular formula is C24H21FN4O5S.